The lowest BCUT2D eigenvalue weighted by Crippen LogP contribution is -2.54. The number of pyridine rings is 2. The lowest BCUT2D eigenvalue weighted by Gasteiger charge is -2.41. The van der Waals surface area contributed by atoms with Crippen molar-refractivity contribution in [2.75, 3.05) is 69.7 Å². The molecule has 87 heavy (non-hydrogen) atoms. The molecule has 6 aliphatic rings. The predicted octanol–water partition coefficient (Wildman–Crippen LogP) is 8.68. The van der Waals surface area contributed by atoms with Crippen molar-refractivity contribution in [3.05, 3.63) is 114 Å². The average Bonchev–Trinajstić information content (AvgIpc) is 1.68. The first-order valence-electron chi connectivity index (χ1n) is 29.1. The first-order chi connectivity index (χ1) is 41.7. The Balaban J connectivity index is 0.666. The van der Waals surface area contributed by atoms with Crippen molar-refractivity contribution >= 4 is 83.6 Å². The number of alkyl carbamates (subject to hydrolysis) is 1. The summed E-state index contributed by atoms with van der Waals surface area (Å²) in [5.41, 5.74) is 7.73. The standard InChI is InChI=1S/C62H60ClF4N11O8S/c1-5-62(83)39-19-45-51-37(25-78(45)57(80)38(39)27-84-58(62)81)49-43(11-9-33-31(4)42(66)20-44(72-51)48(33)49)70-13-7-14-71-60(82)85-26-29(2)56(79)75-16-17-77(30(3)23-75)55-35-18-40(63)47(34-8-10-41(65)53-46(34)36(22-68)54(69)87-53)50(67)52(35)73-59(74-55)86-28-61-12-6-15-76(61)24-32(64)21-61/h8,10,18-20,30,32,43,70,83H,2,5-7,9,11-17,21,23-28,69H2,1,3-4H3,(H,71,82). The molecule has 13 rings (SSSR count). The number of benzene rings is 3. The molecule has 3 aromatic carbocycles. The van der Waals surface area contributed by atoms with Gasteiger partial charge in [0.05, 0.1) is 49.8 Å². The number of nitrogens with one attached hydrogen (secondary N) is 2. The number of fused-ring (bicyclic) bond motifs is 8. The highest BCUT2D eigenvalue weighted by molar-refractivity contribution is 7.23. The summed E-state index contributed by atoms with van der Waals surface area (Å²) in [5.74, 6) is -2.94. The number of aliphatic hydroxyl groups is 1. The Morgan fingerprint density at radius 3 is 2.66 bits per heavy atom. The highest BCUT2D eigenvalue weighted by Crippen LogP contribution is 2.49. The fraction of sp³-hybridized carbons (Fsp3) is 0.419. The Bertz CT molecular complexity index is 4250. The number of nitrogens with two attached hydrogens (primary N) is 1. The van der Waals surface area contributed by atoms with E-state index >= 15 is 13.2 Å². The summed E-state index contributed by atoms with van der Waals surface area (Å²) in [5, 5.41) is 29.0. The van der Waals surface area contributed by atoms with Crippen molar-refractivity contribution in [1.82, 2.24) is 40.0 Å². The normalized spacial score (nSPS) is 22.1. The van der Waals surface area contributed by atoms with E-state index in [9.17, 15) is 33.9 Å². The van der Waals surface area contributed by atoms with Crippen molar-refractivity contribution in [3.63, 3.8) is 0 Å². The third-order valence-corrected chi connectivity index (χ3v) is 19.9. The molecule has 5 unspecified atom stereocenters. The second-order valence-corrected chi connectivity index (χ2v) is 25.0. The number of nitriles is 1. The van der Waals surface area contributed by atoms with E-state index in [1.807, 2.05) is 17.9 Å². The number of rotatable bonds is 14. The van der Waals surface area contributed by atoms with Gasteiger partial charge in [0.15, 0.2) is 11.4 Å². The van der Waals surface area contributed by atoms with Crippen LogP contribution in [0.4, 0.5) is 33.2 Å². The number of aromatic nitrogens is 4. The summed E-state index contributed by atoms with van der Waals surface area (Å²) >= 11 is 7.85. The molecule has 25 heteroatoms. The topological polar surface area (TPSA) is 243 Å². The van der Waals surface area contributed by atoms with E-state index in [0.29, 0.717) is 61.2 Å². The number of carbonyl (C=O) groups excluding carboxylic acids is 3. The van der Waals surface area contributed by atoms with Gasteiger partial charge in [-0.25, -0.2) is 32.1 Å². The molecule has 0 saturated carbocycles. The van der Waals surface area contributed by atoms with Crippen LogP contribution in [0.5, 0.6) is 6.01 Å². The van der Waals surface area contributed by atoms with Crippen molar-refractivity contribution in [2.24, 2.45) is 0 Å². The molecule has 4 aromatic heterocycles. The van der Waals surface area contributed by atoms with Gasteiger partial charge in [0.25, 0.3) is 11.5 Å². The zero-order valence-electron chi connectivity index (χ0n) is 47.8. The van der Waals surface area contributed by atoms with Crippen LogP contribution >= 0.6 is 22.9 Å². The van der Waals surface area contributed by atoms with Gasteiger partial charge in [-0.3, -0.25) is 14.5 Å². The van der Waals surface area contributed by atoms with Gasteiger partial charge < -0.3 is 50.1 Å². The molecule has 2 amide bonds. The van der Waals surface area contributed by atoms with E-state index in [0.717, 1.165) is 45.9 Å². The summed E-state index contributed by atoms with van der Waals surface area (Å²) in [7, 11) is 0. The summed E-state index contributed by atoms with van der Waals surface area (Å²) in [6.07, 6.45) is 1.66. The maximum absolute atomic E-state index is 17.5. The van der Waals surface area contributed by atoms with Crippen LogP contribution in [-0.4, -0.2) is 129 Å². The summed E-state index contributed by atoms with van der Waals surface area (Å²) in [6, 6.07) is 8.22. The molecule has 0 radical (unpaired) electrons. The molecule has 5 N–H and O–H groups in total. The number of thiophene rings is 1. The number of anilines is 2. The highest BCUT2D eigenvalue weighted by Gasteiger charge is 2.50. The molecule has 19 nitrogen and oxygen atoms in total. The van der Waals surface area contributed by atoms with Gasteiger partial charge in [-0.15, -0.1) is 11.3 Å². The Morgan fingerprint density at radius 2 is 1.87 bits per heavy atom. The highest BCUT2D eigenvalue weighted by atomic mass is 35.5. The quantitative estimate of drug-likeness (QED) is 0.0344. The van der Waals surface area contributed by atoms with Crippen LogP contribution in [-0.2, 0) is 44.2 Å². The van der Waals surface area contributed by atoms with Crippen LogP contribution in [0.15, 0.2) is 47.3 Å². The molecule has 3 fully saturated rings. The van der Waals surface area contributed by atoms with Crippen molar-refractivity contribution in [3.8, 4) is 34.6 Å². The van der Waals surface area contributed by atoms with Crippen LogP contribution in [0.3, 0.4) is 0 Å². The number of aryl methyl sites for hydroxylation is 1. The molecule has 3 saturated heterocycles. The van der Waals surface area contributed by atoms with E-state index in [-0.39, 0.29) is 148 Å². The minimum atomic E-state index is -2.01. The van der Waals surface area contributed by atoms with Gasteiger partial charge in [-0.1, -0.05) is 31.2 Å². The number of carbonyl (C=O) groups is 3. The predicted molar refractivity (Wildman–Crippen MR) is 318 cm³/mol. The maximum atomic E-state index is 17.5. The summed E-state index contributed by atoms with van der Waals surface area (Å²) in [6.45, 7) is 10.9. The molecule has 5 atom stereocenters. The van der Waals surface area contributed by atoms with Gasteiger partial charge >= 0.3 is 18.1 Å². The van der Waals surface area contributed by atoms with Crippen LogP contribution in [0, 0.1) is 35.7 Å². The van der Waals surface area contributed by atoms with Gasteiger partial charge in [0, 0.05) is 95.7 Å². The Hall–Kier alpha value is -7.95. The van der Waals surface area contributed by atoms with Gasteiger partial charge in [0.2, 0.25) is 0 Å². The number of piperazine rings is 1. The minimum Gasteiger partial charge on any atom is -0.461 e. The van der Waals surface area contributed by atoms with E-state index < -0.39 is 70.9 Å². The molecular formula is C62H60ClF4N11O8S. The number of esters is 1. The molecule has 0 spiro atoms. The largest absolute Gasteiger partial charge is 0.461 e. The van der Waals surface area contributed by atoms with Gasteiger partial charge in [-0.2, -0.15) is 15.2 Å². The van der Waals surface area contributed by atoms with Crippen molar-refractivity contribution < 1.29 is 51.3 Å². The first-order valence-corrected chi connectivity index (χ1v) is 30.2. The van der Waals surface area contributed by atoms with E-state index in [1.54, 1.807) is 29.4 Å². The molecule has 1 aliphatic carbocycles. The van der Waals surface area contributed by atoms with Gasteiger partial charge in [-0.05, 0) is 106 Å². The van der Waals surface area contributed by atoms with E-state index in [2.05, 4.69) is 27.1 Å². The molecule has 7 aromatic rings. The Kier molecular flexibility index (Phi) is 14.7. The second kappa shape index (κ2) is 22.0. The number of halogens is 5. The first kappa shape index (κ1) is 58.1. The molecule has 9 heterocycles. The fourth-order valence-corrected chi connectivity index (χ4v) is 15.3. The molecular weight excluding hydrogens is 1170 g/mol. The molecule has 5 aliphatic heterocycles. The third kappa shape index (κ3) is 9.49. The Labute approximate surface area is 504 Å². The number of cyclic esters (lactones) is 1. The Morgan fingerprint density at radius 1 is 1.06 bits per heavy atom. The van der Waals surface area contributed by atoms with Crippen LogP contribution in [0.1, 0.15) is 97.4 Å². The number of amides is 2. The number of nitrogens with zero attached hydrogens (tertiary/aromatic N) is 8. The lowest BCUT2D eigenvalue weighted by molar-refractivity contribution is -0.172. The maximum Gasteiger partial charge on any atom is 0.407 e. The van der Waals surface area contributed by atoms with Crippen molar-refractivity contribution in [2.45, 2.75) is 108 Å². The zero-order valence-corrected chi connectivity index (χ0v) is 49.4. The van der Waals surface area contributed by atoms with E-state index in [4.69, 9.17) is 41.5 Å². The number of hydrogen-bond donors (Lipinski definition) is 4. The number of alkyl halides is 1. The van der Waals surface area contributed by atoms with Gasteiger partial charge in [0.1, 0.15) is 60.0 Å². The van der Waals surface area contributed by atoms with Crippen LogP contribution in [0.25, 0.3) is 54.4 Å². The summed E-state index contributed by atoms with van der Waals surface area (Å²) in [4.78, 5) is 73.7. The number of hydrogen-bond acceptors (Lipinski definition) is 17. The van der Waals surface area contributed by atoms with E-state index in [1.165, 1.54) is 18.2 Å². The zero-order chi connectivity index (χ0) is 61.1. The molecule has 0 bridgehead atoms. The average molecular weight is 1230 g/mol. The lowest BCUT2D eigenvalue weighted by atomic mass is 9.81. The fourth-order valence-electron chi connectivity index (χ4n) is 14.1. The second-order valence-electron chi connectivity index (χ2n) is 23.5. The van der Waals surface area contributed by atoms with Crippen LogP contribution in [0.2, 0.25) is 5.02 Å². The third-order valence-electron chi connectivity index (χ3n) is 18.5. The minimum absolute atomic E-state index is 0.0122. The number of nitrogen functional groups attached to an aromatic ring is 1. The smallest absolute Gasteiger partial charge is 0.407 e. The monoisotopic (exact) mass is 1230 g/mol. The van der Waals surface area contributed by atoms with Crippen LogP contribution < -0.4 is 31.6 Å². The number of ether oxygens (including phenoxy) is 3. The van der Waals surface area contributed by atoms with Crippen molar-refractivity contribution in [1.29, 1.82) is 5.26 Å². The molecule has 452 valence electrons. The summed E-state index contributed by atoms with van der Waals surface area (Å²) < 4.78 is 81.7. The SMILES string of the molecule is C=C(COC(=O)NCCCNC1CCc2c(C)c(F)cc3nc4c(c1c23)Cn1c-4cc2c(c1=O)COC(=O)C2(O)CC)C(=O)N1CCN(c2nc(OCC34CCCN3CC(F)C4)nc3c(F)c(-c4ccc(F)c5sc(N)c(C#N)c45)c(Cl)cc23)C(C)C1.